The minimum Gasteiger partial charge on any atom is -0.493 e. The van der Waals surface area contributed by atoms with Gasteiger partial charge < -0.3 is 14.8 Å². The molecule has 0 aliphatic rings. The first kappa shape index (κ1) is 22.8. The lowest BCUT2D eigenvalue weighted by molar-refractivity contribution is -0.119. The summed E-state index contributed by atoms with van der Waals surface area (Å²) in [6.07, 6.45) is 1.74. The number of hydrogen-bond acceptors (Lipinski definition) is 5. The summed E-state index contributed by atoms with van der Waals surface area (Å²) in [6, 6.07) is 10.5. The fourth-order valence-corrected chi connectivity index (χ4v) is 4.18. The topological polar surface area (TPSA) is 84.9 Å². The van der Waals surface area contributed by atoms with Crippen LogP contribution in [0.25, 0.3) is 0 Å². The molecule has 2 rings (SSSR count). The quantitative estimate of drug-likeness (QED) is 0.572. The molecule has 7 nitrogen and oxygen atoms in total. The molecular weight excluding hydrogens is 416 g/mol. The zero-order chi connectivity index (χ0) is 21.4. The Morgan fingerprint density at radius 3 is 2.31 bits per heavy atom. The van der Waals surface area contributed by atoms with E-state index < -0.39 is 15.9 Å². The second-order valence-corrected chi connectivity index (χ2v) is 8.51. The van der Waals surface area contributed by atoms with E-state index in [1.807, 2.05) is 6.92 Å². The molecule has 2 aromatic carbocycles. The molecular formula is C20H25ClN2O5S. The Kier molecular flexibility index (Phi) is 8.16. The fourth-order valence-electron chi connectivity index (χ4n) is 2.62. The van der Waals surface area contributed by atoms with Crippen molar-refractivity contribution in [3.05, 3.63) is 47.5 Å². The molecule has 0 aliphatic heterocycles. The number of rotatable bonds is 10. The van der Waals surface area contributed by atoms with Gasteiger partial charge in [0.2, 0.25) is 5.91 Å². The lowest BCUT2D eigenvalue weighted by Gasteiger charge is -2.24. The van der Waals surface area contributed by atoms with Crippen LogP contribution in [0.5, 0.6) is 11.5 Å². The third-order valence-electron chi connectivity index (χ3n) is 4.20. The molecule has 0 aliphatic carbocycles. The van der Waals surface area contributed by atoms with Gasteiger partial charge in [-0.15, -0.1) is 0 Å². The Morgan fingerprint density at radius 2 is 1.72 bits per heavy atom. The summed E-state index contributed by atoms with van der Waals surface area (Å²) < 4.78 is 38.2. The number of anilines is 1. The van der Waals surface area contributed by atoms with Crippen LogP contribution < -0.4 is 19.1 Å². The second kappa shape index (κ2) is 10.4. The summed E-state index contributed by atoms with van der Waals surface area (Å²) in [5.74, 6) is 0.288. The van der Waals surface area contributed by atoms with Gasteiger partial charge >= 0.3 is 0 Å². The number of sulfonamides is 1. The molecule has 0 aromatic heterocycles. The van der Waals surface area contributed by atoms with E-state index >= 15 is 0 Å². The number of halogens is 1. The van der Waals surface area contributed by atoms with Gasteiger partial charge in [-0.1, -0.05) is 24.9 Å². The molecule has 1 N–H and O–H groups in total. The maximum atomic E-state index is 13.4. The van der Waals surface area contributed by atoms with Crippen LogP contribution in [-0.4, -0.2) is 41.6 Å². The number of hydrogen-bond donors (Lipinski definition) is 1. The number of amides is 1. The summed E-state index contributed by atoms with van der Waals surface area (Å²) in [7, 11) is -1.17. The van der Waals surface area contributed by atoms with Gasteiger partial charge in [-0.05, 0) is 42.8 Å². The molecule has 0 unspecified atom stereocenters. The van der Waals surface area contributed by atoms with Gasteiger partial charge in [0.05, 0.1) is 24.8 Å². The third kappa shape index (κ3) is 5.77. The normalized spacial score (nSPS) is 11.0. The minimum absolute atomic E-state index is 0.0218. The molecule has 158 valence electrons. The van der Waals surface area contributed by atoms with Crippen LogP contribution in [-0.2, 0) is 14.8 Å². The number of carbonyl (C=O) groups is 1. The van der Waals surface area contributed by atoms with E-state index in [2.05, 4.69) is 5.32 Å². The minimum atomic E-state index is -4.06. The highest BCUT2D eigenvalue weighted by Gasteiger charge is 2.28. The maximum Gasteiger partial charge on any atom is 0.264 e. The monoisotopic (exact) mass is 440 g/mol. The second-order valence-electron chi connectivity index (χ2n) is 6.21. The number of ether oxygens (including phenoxy) is 2. The average molecular weight is 441 g/mol. The fraction of sp³-hybridized carbons (Fsp3) is 0.350. The van der Waals surface area contributed by atoms with Crippen LogP contribution in [0.15, 0.2) is 47.4 Å². The van der Waals surface area contributed by atoms with E-state index in [0.717, 1.165) is 17.1 Å². The Labute approximate surface area is 176 Å². The molecule has 0 fully saturated rings. The molecule has 1 amide bonds. The van der Waals surface area contributed by atoms with Crippen LogP contribution in [0.1, 0.15) is 19.8 Å². The molecule has 0 saturated heterocycles. The molecule has 2 aromatic rings. The van der Waals surface area contributed by atoms with Crippen molar-refractivity contribution in [1.29, 1.82) is 0 Å². The first-order chi connectivity index (χ1) is 13.8. The average Bonchev–Trinajstić information content (AvgIpc) is 2.72. The number of nitrogens with zero attached hydrogens (tertiary/aromatic N) is 1. The highest BCUT2D eigenvalue weighted by atomic mass is 35.5. The van der Waals surface area contributed by atoms with Crippen molar-refractivity contribution in [3.8, 4) is 11.5 Å². The van der Waals surface area contributed by atoms with Gasteiger partial charge in [0, 0.05) is 17.6 Å². The van der Waals surface area contributed by atoms with Crippen molar-refractivity contribution in [2.45, 2.75) is 24.7 Å². The smallest absolute Gasteiger partial charge is 0.264 e. The molecule has 0 atom stereocenters. The first-order valence-corrected chi connectivity index (χ1v) is 10.9. The van der Waals surface area contributed by atoms with Crippen molar-refractivity contribution >= 4 is 33.2 Å². The van der Waals surface area contributed by atoms with E-state index in [1.54, 1.807) is 24.3 Å². The Morgan fingerprint density at radius 1 is 1.07 bits per heavy atom. The zero-order valence-corrected chi connectivity index (χ0v) is 18.2. The summed E-state index contributed by atoms with van der Waals surface area (Å²) in [4.78, 5) is 12.4. The summed E-state index contributed by atoms with van der Waals surface area (Å²) in [6.45, 7) is 2.13. The largest absolute Gasteiger partial charge is 0.493 e. The van der Waals surface area contributed by atoms with Crippen molar-refractivity contribution in [3.63, 3.8) is 0 Å². The van der Waals surface area contributed by atoms with E-state index in [4.69, 9.17) is 21.1 Å². The Hall–Kier alpha value is -2.45. The summed E-state index contributed by atoms with van der Waals surface area (Å²) >= 11 is 5.93. The Balaban J connectivity index is 2.43. The predicted octanol–water partition coefficient (Wildman–Crippen LogP) is 3.47. The number of benzene rings is 2. The lowest BCUT2D eigenvalue weighted by atomic mass is 10.3. The van der Waals surface area contributed by atoms with Gasteiger partial charge in [-0.2, -0.15) is 0 Å². The van der Waals surface area contributed by atoms with Gasteiger partial charge in [0.25, 0.3) is 10.0 Å². The van der Waals surface area contributed by atoms with Crippen LogP contribution in [0, 0.1) is 0 Å². The van der Waals surface area contributed by atoms with E-state index in [9.17, 15) is 13.2 Å². The number of unbranched alkanes of at least 4 members (excludes halogenated alkanes) is 1. The first-order valence-electron chi connectivity index (χ1n) is 9.10. The van der Waals surface area contributed by atoms with Crippen molar-refractivity contribution < 1.29 is 22.7 Å². The van der Waals surface area contributed by atoms with Crippen molar-refractivity contribution in [2.75, 3.05) is 31.6 Å². The maximum absolute atomic E-state index is 13.4. The van der Waals surface area contributed by atoms with Gasteiger partial charge in [0.1, 0.15) is 6.54 Å². The highest BCUT2D eigenvalue weighted by Crippen LogP contribution is 2.32. The van der Waals surface area contributed by atoms with Crippen molar-refractivity contribution in [2.24, 2.45) is 0 Å². The van der Waals surface area contributed by atoms with E-state index in [1.165, 1.54) is 32.4 Å². The van der Waals surface area contributed by atoms with Crippen LogP contribution in [0.4, 0.5) is 5.69 Å². The third-order valence-corrected chi connectivity index (χ3v) is 6.22. The van der Waals surface area contributed by atoms with E-state index in [0.29, 0.717) is 23.0 Å². The standard InChI is InChI=1S/C20H25ClN2O5S/c1-4-5-12-22-20(24)14-23(16-8-6-15(21)7-9-16)29(25,26)17-10-11-18(27-2)19(13-17)28-3/h6-11,13H,4-5,12,14H2,1-3H3,(H,22,24). The molecule has 0 spiro atoms. The molecule has 9 heteroatoms. The molecule has 0 saturated carbocycles. The van der Waals surface area contributed by atoms with Crippen molar-refractivity contribution in [1.82, 2.24) is 5.32 Å². The number of nitrogens with one attached hydrogen (secondary N) is 1. The van der Waals surface area contributed by atoms with Crippen LogP contribution in [0.3, 0.4) is 0 Å². The number of carbonyl (C=O) groups excluding carboxylic acids is 1. The van der Waals surface area contributed by atoms with Crippen LogP contribution >= 0.6 is 11.6 Å². The lowest BCUT2D eigenvalue weighted by Crippen LogP contribution is -2.41. The molecule has 0 bridgehead atoms. The molecule has 29 heavy (non-hydrogen) atoms. The predicted molar refractivity (Wildman–Crippen MR) is 113 cm³/mol. The van der Waals surface area contributed by atoms with E-state index in [-0.39, 0.29) is 17.2 Å². The molecule has 0 radical (unpaired) electrons. The zero-order valence-electron chi connectivity index (χ0n) is 16.6. The van der Waals surface area contributed by atoms with Gasteiger partial charge in [-0.25, -0.2) is 8.42 Å². The van der Waals surface area contributed by atoms with Crippen LogP contribution in [0.2, 0.25) is 5.02 Å². The summed E-state index contributed by atoms with van der Waals surface area (Å²) in [5, 5.41) is 3.21. The molecule has 0 heterocycles. The summed E-state index contributed by atoms with van der Waals surface area (Å²) in [5.41, 5.74) is 0.329. The Bertz CT molecular complexity index is 932. The highest BCUT2D eigenvalue weighted by molar-refractivity contribution is 7.92. The number of methoxy groups -OCH3 is 2. The van der Waals surface area contributed by atoms with Gasteiger partial charge in [-0.3, -0.25) is 9.10 Å². The SMILES string of the molecule is CCCCNC(=O)CN(c1ccc(Cl)cc1)S(=O)(=O)c1ccc(OC)c(OC)c1. The van der Waals surface area contributed by atoms with Gasteiger partial charge in [0.15, 0.2) is 11.5 Å².